The van der Waals surface area contributed by atoms with E-state index in [9.17, 15) is 19.5 Å². The molecule has 0 saturated carbocycles. The summed E-state index contributed by atoms with van der Waals surface area (Å²) < 4.78 is 10.3. The van der Waals surface area contributed by atoms with Crippen molar-refractivity contribution in [2.75, 3.05) is 12.9 Å². The van der Waals surface area contributed by atoms with Crippen molar-refractivity contribution in [1.29, 1.82) is 0 Å². The maximum absolute atomic E-state index is 12.4. The Balaban J connectivity index is 1.67. The summed E-state index contributed by atoms with van der Waals surface area (Å²) in [4.78, 5) is 37.1. The number of esters is 1. The van der Waals surface area contributed by atoms with E-state index in [4.69, 9.17) is 9.47 Å². The third-order valence-corrected chi connectivity index (χ3v) is 5.29. The van der Waals surface area contributed by atoms with Crippen LogP contribution in [0.1, 0.15) is 12.5 Å². The van der Waals surface area contributed by atoms with Gasteiger partial charge in [-0.3, -0.25) is 14.5 Å². The first-order valence-electron chi connectivity index (χ1n) is 7.86. The zero-order valence-corrected chi connectivity index (χ0v) is 15.0. The van der Waals surface area contributed by atoms with Crippen LogP contribution < -0.4 is 10.1 Å². The normalized spacial score (nSPS) is 21.6. The molecule has 2 amide bonds. The van der Waals surface area contributed by atoms with Gasteiger partial charge in [-0.15, -0.1) is 11.8 Å². The lowest BCUT2D eigenvalue weighted by molar-refractivity contribution is -0.153. The van der Waals surface area contributed by atoms with Crippen LogP contribution in [0.4, 0.5) is 0 Å². The van der Waals surface area contributed by atoms with Gasteiger partial charge in [0, 0.05) is 6.92 Å². The van der Waals surface area contributed by atoms with Gasteiger partial charge in [0.1, 0.15) is 29.5 Å². The predicted molar refractivity (Wildman–Crippen MR) is 93.1 cm³/mol. The van der Waals surface area contributed by atoms with Crippen LogP contribution in [0.3, 0.4) is 0 Å². The molecule has 2 heterocycles. The van der Waals surface area contributed by atoms with E-state index in [0.29, 0.717) is 5.75 Å². The Hall–Kier alpha value is -2.68. The lowest BCUT2D eigenvalue weighted by atomic mass is 10.0. The summed E-state index contributed by atoms with van der Waals surface area (Å²) in [6, 6.07) is 6.28. The average Bonchev–Trinajstić information content (AvgIpc) is 2.64. The zero-order valence-electron chi connectivity index (χ0n) is 14.2. The van der Waals surface area contributed by atoms with Gasteiger partial charge in [0.25, 0.3) is 5.91 Å². The number of nitrogens with one attached hydrogen (secondary N) is 1. The van der Waals surface area contributed by atoms with Crippen LogP contribution in [0.5, 0.6) is 5.75 Å². The van der Waals surface area contributed by atoms with Crippen molar-refractivity contribution >= 4 is 29.5 Å². The number of aliphatic hydroxyl groups excluding tert-OH is 1. The molecule has 2 aliphatic heterocycles. The number of carbonyl (C=O) groups is 3. The molecule has 3 rings (SSSR count). The third kappa shape index (κ3) is 3.34. The van der Waals surface area contributed by atoms with Crippen LogP contribution in [-0.4, -0.2) is 52.1 Å². The number of aliphatic hydroxyl groups is 1. The highest BCUT2D eigenvalue weighted by molar-refractivity contribution is 8.00. The summed E-state index contributed by atoms with van der Waals surface area (Å²) in [5, 5.41) is 12.2. The number of carbonyl (C=O) groups excluding carboxylic acids is 3. The van der Waals surface area contributed by atoms with Gasteiger partial charge in [-0.1, -0.05) is 12.1 Å². The van der Waals surface area contributed by atoms with Crippen molar-refractivity contribution in [2.24, 2.45) is 0 Å². The highest BCUT2D eigenvalue weighted by Gasteiger charge is 2.54. The topological polar surface area (TPSA) is 105 Å². The minimum absolute atomic E-state index is 0.00538. The van der Waals surface area contributed by atoms with E-state index in [-0.39, 0.29) is 29.7 Å². The number of nitrogens with zero attached hydrogens (tertiary/aromatic N) is 1. The molecule has 0 radical (unpaired) electrons. The molecule has 0 bridgehead atoms. The molecular formula is C17H18N2O6S. The largest absolute Gasteiger partial charge is 0.509 e. The molecule has 1 aromatic rings. The van der Waals surface area contributed by atoms with Crippen molar-refractivity contribution in [1.82, 2.24) is 10.2 Å². The summed E-state index contributed by atoms with van der Waals surface area (Å²) in [7, 11) is 1.56. The van der Waals surface area contributed by atoms with E-state index < -0.39 is 23.3 Å². The number of ether oxygens (including phenoxy) is 2. The maximum atomic E-state index is 12.4. The molecule has 138 valence electrons. The molecular weight excluding hydrogens is 360 g/mol. The fourth-order valence-electron chi connectivity index (χ4n) is 2.75. The van der Waals surface area contributed by atoms with Gasteiger partial charge >= 0.3 is 5.97 Å². The van der Waals surface area contributed by atoms with E-state index in [0.717, 1.165) is 5.56 Å². The van der Waals surface area contributed by atoms with Crippen molar-refractivity contribution in [3.63, 3.8) is 0 Å². The molecule has 2 atom stereocenters. The number of thioether (sulfide) groups is 1. The fourth-order valence-corrected chi connectivity index (χ4v) is 3.95. The van der Waals surface area contributed by atoms with Crippen LogP contribution in [-0.2, 0) is 25.7 Å². The number of fused-ring (bicyclic) bond motifs is 1. The average molecular weight is 378 g/mol. The van der Waals surface area contributed by atoms with Gasteiger partial charge in [-0.2, -0.15) is 0 Å². The number of rotatable bonds is 5. The lowest BCUT2D eigenvalue weighted by Gasteiger charge is -2.48. The van der Waals surface area contributed by atoms with E-state index >= 15 is 0 Å². The second-order valence-electron chi connectivity index (χ2n) is 5.81. The minimum atomic E-state index is -0.779. The summed E-state index contributed by atoms with van der Waals surface area (Å²) in [5.74, 6) is -0.912. The van der Waals surface area contributed by atoms with E-state index in [2.05, 4.69) is 5.32 Å². The van der Waals surface area contributed by atoms with Gasteiger partial charge in [0.15, 0.2) is 5.70 Å². The highest BCUT2D eigenvalue weighted by Crippen LogP contribution is 2.39. The summed E-state index contributed by atoms with van der Waals surface area (Å²) in [5.41, 5.74) is 0.584. The van der Waals surface area contributed by atoms with Gasteiger partial charge in [0.05, 0.1) is 12.9 Å². The molecule has 2 aliphatic rings. The molecule has 1 saturated heterocycles. The van der Waals surface area contributed by atoms with Gasteiger partial charge < -0.3 is 19.9 Å². The van der Waals surface area contributed by atoms with Crippen LogP contribution >= 0.6 is 11.8 Å². The quantitative estimate of drug-likeness (QED) is 0.580. The van der Waals surface area contributed by atoms with Crippen molar-refractivity contribution < 1.29 is 29.0 Å². The van der Waals surface area contributed by atoms with Crippen LogP contribution in [0.15, 0.2) is 35.7 Å². The van der Waals surface area contributed by atoms with E-state index in [1.54, 1.807) is 31.4 Å². The minimum Gasteiger partial charge on any atom is -0.509 e. The summed E-state index contributed by atoms with van der Waals surface area (Å²) in [6.45, 7) is 1.31. The Morgan fingerprint density at radius 3 is 2.65 bits per heavy atom. The van der Waals surface area contributed by atoms with Crippen molar-refractivity contribution in [3.05, 3.63) is 41.3 Å². The summed E-state index contributed by atoms with van der Waals surface area (Å²) in [6.07, 6.45) is 0. The number of methoxy groups -OCH3 is 1. The molecule has 8 nitrogen and oxygen atoms in total. The Morgan fingerprint density at radius 2 is 2.04 bits per heavy atom. The molecule has 26 heavy (non-hydrogen) atoms. The first kappa shape index (κ1) is 18.1. The standard InChI is InChI=1S/C17H18N2O6S/c1-9(20)18-13-15(22)19-14(12(21)8-26-16(13)19)17(23)25-7-10-3-5-11(24-2)6-4-10/h3-6,13,16,21H,7-8H2,1-2H3,(H,18,20)/t13?,16-/m0/s1. The first-order valence-corrected chi connectivity index (χ1v) is 8.91. The molecule has 0 aromatic heterocycles. The predicted octanol–water partition coefficient (Wildman–Crippen LogP) is 0.928. The number of β-lactam (4-membered cyclic amide) rings is 1. The number of benzene rings is 1. The molecule has 1 unspecified atom stereocenters. The van der Waals surface area contributed by atoms with Crippen molar-refractivity contribution in [2.45, 2.75) is 24.9 Å². The zero-order chi connectivity index (χ0) is 18.8. The third-order valence-electron chi connectivity index (χ3n) is 4.03. The van der Waals surface area contributed by atoms with Crippen LogP contribution in [0.25, 0.3) is 0 Å². The monoisotopic (exact) mass is 378 g/mol. The van der Waals surface area contributed by atoms with Gasteiger partial charge in [0.2, 0.25) is 5.91 Å². The Morgan fingerprint density at radius 1 is 1.35 bits per heavy atom. The second kappa shape index (κ2) is 7.28. The van der Waals surface area contributed by atoms with Crippen LogP contribution in [0.2, 0.25) is 0 Å². The number of amides is 2. The summed E-state index contributed by atoms with van der Waals surface area (Å²) >= 11 is 1.28. The molecule has 9 heteroatoms. The SMILES string of the molecule is COc1ccc(COC(=O)C2=C(O)CS[C@H]3C(NC(C)=O)C(=O)N23)cc1. The number of hydrogen-bond acceptors (Lipinski definition) is 7. The molecule has 1 fully saturated rings. The van der Waals surface area contributed by atoms with Gasteiger partial charge in [-0.05, 0) is 17.7 Å². The molecule has 2 N–H and O–H groups in total. The van der Waals surface area contributed by atoms with Crippen LogP contribution in [0, 0.1) is 0 Å². The van der Waals surface area contributed by atoms with E-state index in [1.165, 1.54) is 23.6 Å². The molecule has 0 spiro atoms. The lowest BCUT2D eigenvalue weighted by Crippen LogP contribution is -2.70. The smallest absolute Gasteiger partial charge is 0.358 e. The Labute approximate surface area is 154 Å². The maximum Gasteiger partial charge on any atom is 0.358 e. The first-order chi connectivity index (χ1) is 12.4. The fraction of sp³-hybridized carbons (Fsp3) is 0.353. The van der Waals surface area contributed by atoms with Crippen molar-refractivity contribution in [3.8, 4) is 5.75 Å². The number of hydrogen-bond donors (Lipinski definition) is 2. The second-order valence-corrected chi connectivity index (χ2v) is 6.91. The van der Waals surface area contributed by atoms with E-state index in [1.807, 2.05) is 0 Å². The Kier molecular flexibility index (Phi) is 5.08. The molecule has 1 aromatic carbocycles. The Bertz CT molecular complexity index is 776. The highest BCUT2D eigenvalue weighted by atomic mass is 32.2. The molecule has 0 aliphatic carbocycles. The van der Waals surface area contributed by atoms with Gasteiger partial charge in [-0.25, -0.2) is 4.79 Å².